The van der Waals surface area contributed by atoms with Gasteiger partial charge in [-0.25, -0.2) is 5.48 Å². The molecule has 0 spiro atoms. The lowest BCUT2D eigenvalue weighted by molar-refractivity contribution is -0.124. The zero-order chi connectivity index (χ0) is 21.3. The number of hydrogen-bond donors (Lipinski definition) is 3. The summed E-state index contributed by atoms with van der Waals surface area (Å²) in [6.07, 6.45) is 4.57. The van der Waals surface area contributed by atoms with Gasteiger partial charge in [0.2, 0.25) is 0 Å². The maximum absolute atomic E-state index is 12.2. The second-order valence-electron chi connectivity index (χ2n) is 6.94. The van der Waals surface area contributed by atoms with Crippen molar-refractivity contribution in [2.75, 3.05) is 24.6 Å². The number of nitrogens with one attached hydrogen (secondary N) is 2. The largest absolute Gasteiger partial charge is 0.484 e. The molecule has 0 aromatic heterocycles. The van der Waals surface area contributed by atoms with Crippen LogP contribution in [0, 0.1) is 0 Å². The van der Waals surface area contributed by atoms with E-state index in [-0.39, 0.29) is 18.6 Å². The van der Waals surface area contributed by atoms with Crippen LogP contribution in [-0.2, 0) is 9.59 Å². The molecule has 0 bridgehead atoms. The number of piperidine rings is 1. The van der Waals surface area contributed by atoms with Crippen LogP contribution in [0.5, 0.6) is 5.75 Å². The highest BCUT2D eigenvalue weighted by Crippen LogP contribution is 2.25. The summed E-state index contributed by atoms with van der Waals surface area (Å²) in [5.41, 5.74) is 3.48. The Kier molecular flexibility index (Phi) is 7.70. The highest BCUT2D eigenvalue weighted by molar-refractivity contribution is 6.30. The van der Waals surface area contributed by atoms with Crippen LogP contribution in [0.4, 0.5) is 5.69 Å². The summed E-state index contributed by atoms with van der Waals surface area (Å²) in [5.74, 6) is -0.127. The molecule has 1 saturated heterocycles. The fraction of sp³-hybridized carbons (Fsp3) is 0.273. The van der Waals surface area contributed by atoms with Crippen LogP contribution in [0.25, 0.3) is 6.08 Å². The standard InChI is InChI=1S/C22H24ClN3O4/c23-17-6-8-19(9-7-17)30-15-22(28)24-18-11-13-26(14-12-18)20-4-2-1-3-16(20)5-10-21(27)25-29/h1-10,18,29H,11-15H2,(H,24,28)(H,25,27)/b10-5+. The molecule has 1 aliphatic heterocycles. The van der Waals surface area contributed by atoms with Crippen molar-refractivity contribution in [3.8, 4) is 5.75 Å². The number of ether oxygens (including phenoxy) is 1. The predicted octanol–water partition coefficient (Wildman–Crippen LogP) is 3.02. The minimum Gasteiger partial charge on any atom is -0.484 e. The van der Waals surface area contributed by atoms with Crippen molar-refractivity contribution in [3.05, 3.63) is 65.2 Å². The number of amides is 2. The van der Waals surface area contributed by atoms with E-state index in [1.165, 1.54) is 6.08 Å². The number of halogens is 1. The summed E-state index contributed by atoms with van der Waals surface area (Å²) in [7, 11) is 0. The Labute approximate surface area is 180 Å². The SMILES string of the molecule is O=C(/C=C/c1ccccc1N1CCC(NC(=O)COc2ccc(Cl)cc2)CC1)NO. The lowest BCUT2D eigenvalue weighted by Crippen LogP contribution is -2.46. The summed E-state index contributed by atoms with van der Waals surface area (Å²) in [6, 6.07) is 14.7. The van der Waals surface area contributed by atoms with Crippen molar-refractivity contribution in [1.29, 1.82) is 0 Å². The van der Waals surface area contributed by atoms with Crippen molar-refractivity contribution in [3.63, 3.8) is 0 Å². The first-order chi connectivity index (χ1) is 14.5. The third kappa shape index (κ3) is 6.23. The number of carbonyl (C=O) groups excluding carboxylic acids is 2. The summed E-state index contributed by atoms with van der Waals surface area (Å²) in [4.78, 5) is 25.7. The van der Waals surface area contributed by atoms with E-state index < -0.39 is 5.91 Å². The molecular weight excluding hydrogens is 406 g/mol. The summed E-state index contributed by atoms with van der Waals surface area (Å²) < 4.78 is 5.49. The molecule has 0 unspecified atom stereocenters. The Morgan fingerprint density at radius 3 is 2.53 bits per heavy atom. The van der Waals surface area contributed by atoms with Gasteiger partial charge >= 0.3 is 0 Å². The van der Waals surface area contributed by atoms with Gasteiger partial charge < -0.3 is 15.0 Å². The first kappa shape index (κ1) is 21.7. The number of benzene rings is 2. The molecule has 7 nitrogen and oxygen atoms in total. The van der Waals surface area contributed by atoms with Crippen LogP contribution < -0.4 is 20.4 Å². The maximum Gasteiger partial charge on any atom is 0.267 e. The quantitative estimate of drug-likeness (QED) is 0.357. The Morgan fingerprint density at radius 1 is 1.13 bits per heavy atom. The fourth-order valence-corrected chi connectivity index (χ4v) is 3.46. The monoisotopic (exact) mass is 429 g/mol. The smallest absolute Gasteiger partial charge is 0.267 e. The van der Waals surface area contributed by atoms with Crippen molar-refractivity contribution in [2.45, 2.75) is 18.9 Å². The third-order valence-corrected chi connectivity index (χ3v) is 5.10. The number of rotatable bonds is 7. The van der Waals surface area contributed by atoms with Gasteiger partial charge in [0, 0.05) is 35.9 Å². The normalized spacial score (nSPS) is 14.5. The van der Waals surface area contributed by atoms with E-state index in [0.717, 1.165) is 37.2 Å². The molecule has 0 saturated carbocycles. The average molecular weight is 430 g/mol. The van der Waals surface area contributed by atoms with E-state index in [1.807, 2.05) is 24.3 Å². The van der Waals surface area contributed by atoms with Gasteiger partial charge in [-0.05, 0) is 54.8 Å². The second-order valence-corrected chi connectivity index (χ2v) is 7.38. The molecule has 158 valence electrons. The minimum absolute atomic E-state index is 0.0393. The van der Waals surface area contributed by atoms with Gasteiger partial charge in [-0.2, -0.15) is 0 Å². The molecule has 0 atom stereocenters. The minimum atomic E-state index is -0.577. The summed E-state index contributed by atoms with van der Waals surface area (Å²) in [6.45, 7) is 1.52. The third-order valence-electron chi connectivity index (χ3n) is 4.85. The number of hydroxylamine groups is 1. The van der Waals surface area contributed by atoms with E-state index in [0.29, 0.717) is 10.8 Å². The molecule has 3 N–H and O–H groups in total. The van der Waals surface area contributed by atoms with Crippen LogP contribution in [0.2, 0.25) is 5.02 Å². The molecule has 0 radical (unpaired) electrons. The highest BCUT2D eigenvalue weighted by atomic mass is 35.5. The van der Waals surface area contributed by atoms with Gasteiger partial charge in [0.15, 0.2) is 6.61 Å². The van der Waals surface area contributed by atoms with E-state index in [9.17, 15) is 9.59 Å². The van der Waals surface area contributed by atoms with E-state index in [2.05, 4.69) is 10.2 Å². The van der Waals surface area contributed by atoms with Crippen LogP contribution in [0.3, 0.4) is 0 Å². The molecule has 0 aliphatic carbocycles. The van der Waals surface area contributed by atoms with Gasteiger partial charge in [-0.15, -0.1) is 0 Å². The number of carbonyl (C=O) groups is 2. The molecule has 30 heavy (non-hydrogen) atoms. The van der Waals surface area contributed by atoms with Gasteiger partial charge in [-0.1, -0.05) is 29.8 Å². The van der Waals surface area contributed by atoms with Gasteiger partial charge in [0.05, 0.1) is 0 Å². The molecule has 3 rings (SSSR count). The van der Waals surface area contributed by atoms with Crippen LogP contribution in [0.1, 0.15) is 18.4 Å². The van der Waals surface area contributed by atoms with Crippen molar-refractivity contribution >= 4 is 35.2 Å². The number of hydrogen-bond acceptors (Lipinski definition) is 5. The summed E-state index contributed by atoms with van der Waals surface area (Å²) >= 11 is 5.84. The number of anilines is 1. The van der Waals surface area contributed by atoms with E-state index >= 15 is 0 Å². The van der Waals surface area contributed by atoms with Crippen molar-refractivity contribution in [1.82, 2.24) is 10.8 Å². The maximum atomic E-state index is 12.2. The zero-order valence-electron chi connectivity index (χ0n) is 16.4. The highest BCUT2D eigenvalue weighted by Gasteiger charge is 2.22. The number of nitrogens with zero attached hydrogens (tertiary/aromatic N) is 1. The van der Waals surface area contributed by atoms with Gasteiger partial charge in [0.25, 0.3) is 11.8 Å². The predicted molar refractivity (Wildman–Crippen MR) is 116 cm³/mol. The number of para-hydroxylation sites is 1. The zero-order valence-corrected chi connectivity index (χ0v) is 17.1. The lowest BCUT2D eigenvalue weighted by atomic mass is 10.0. The molecule has 1 fully saturated rings. The van der Waals surface area contributed by atoms with Gasteiger partial charge in [-0.3, -0.25) is 14.8 Å². The first-order valence-corrected chi connectivity index (χ1v) is 10.1. The van der Waals surface area contributed by atoms with E-state index in [1.54, 1.807) is 35.8 Å². The van der Waals surface area contributed by atoms with E-state index in [4.69, 9.17) is 21.5 Å². The van der Waals surface area contributed by atoms with Crippen LogP contribution >= 0.6 is 11.6 Å². The summed E-state index contributed by atoms with van der Waals surface area (Å²) in [5, 5.41) is 12.3. The van der Waals surface area contributed by atoms with Crippen LogP contribution in [0.15, 0.2) is 54.6 Å². The van der Waals surface area contributed by atoms with Crippen LogP contribution in [-0.4, -0.2) is 42.8 Å². The molecule has 2 aromatic carbocycles. The van der Waals surface area contributed by atoms with Crippen molar-refractivity contribution in [2.24, 2.45) is 0 Å². The topological polar surface area (TPSA) is 90.9 Å². The molecule has 2 amide bonds. The molecule has 8 heteroatoms. The Morgan fingerprint density at radius 2 is 1.83 bits per heavy atom. The molecule has 1 heterocycles. The Hall–Kier alpha value is -3.03. The average Bonchev–Trinajstić information content (AvgIpc) is 2.78. The molecular formula is C22H24ClN3O4. The molecule has 2 aromatic rings. The van der Waals surface area contributed by atoms with Gasteiger partial charge in [0.1, 0.15) is 5.75 Å². The lowest BCUT2D eigenvalue weighted by Gasteiger charge is -2.34. The fourth-order valence-electron chi connectivity index (χ4n) is 3.33. The molecule has 1 aliphatic rings. The Bertz CT molecular complexity index is 894. The second kappa shape index (κ2) is 10.7. The van der Waals surface area contributed by atoms with Crippen molar-refractivity contribution < 1.29 is 19.5 Å². The first-order valence-electron chi connectivity index (χ1n) is 9.69. The Balaban J connectivity index is 1.49.